The van der Waals surface area contributed by atoms with Crippen molar-refractivity contribution in [3.8, 4) is 11.5 Å². The van der Waals surface area contributed by atoms with Crippen molar-refractivity contribution in [1.82, 2.24) is 9.80 Å². The van der Waals surface area contributed by atoms with Gasteiger partial charge >= 0.3 is 19.1 Å². The molecule has 1 atom stereocenters. The Kier molecular flexibility index (Phi) is 20.6. The number of nitrogens with zero attached hydrogens (tertiary/aromatic N) is 2. The van der Waals surface area contributed by atoms with Crippen LogP contribution in [-0.2, 0) is 54.3 Å². The smallest absolute Gasteiger partial charge is 0.494 e. The Bertz CT molecular complexity index is 3240. The van der Waals surface area contributed by atoms with E-state index in [4.69, 9.17) is 23.5 Å². The molecule has 6 aromatic rings. The first-order valence-electron chi connectivity index (χ1n) is 27.0. The molecule has 0 N–H and O–H groups in total. The second-order valence-corrected chi connectivity index (χ2v) is 21.8. The summed E-state index contributed by atoms with van der Waals surface area (Å²) in [5.41, 5.74) is 16.5. The molecule has 3 heterocycles. The Morgan fingerprint density at radius 3 is 1.56 bits per heavy atom. The predicted molar refractivity (Wildman–Crippen MR) is 319 cm³/mol. The minimum atomic E-state index is -0.379. The zero-order valence-corrected chi connectivity index (χ0v) is 48.6. The normalized spacial score (nSPS) is 15.2. The Morgan fingerprint density at radius 1 is 0.562 bits per heavy atom. The molecule has 0 spiro atoms. The van der Waals surface area contributed by atoms with Crippen LogP contribution >= 0.6 is 0 Å². The van der Waals surface area contributed by atoms with Gasteiger partial charge in [-0.1, -0.05) is 68.1 Å². The molecule has 0 aliphatic carbocycles. The van der Waals surface area contributed by atoms with Gasteiger partial charge in [-0.3, -0.25) is 14.4 Å². The molecule has 0 radical (unpaired) electrons. The molecular weight excluding hydrogens is 1000 g/mol. The highest BCUT2D eigenvalue weighted by molar-refractivity contribution is 6.62. The average molecular weight is 1090 g/mol. The van der Waals surface area contributed by atoms with Crippen LogP contribution in [0, 0.1) is 41.5 Å². The monoisotopic (exact) mass is 1080 g/mol. The van der Waals surface area contributed by atoms with Crippen LogP contribution in [0.4, 0.5) is 0 Å². The second-order valence-electron chi connectivity index (χ2n) is 21.8. The highest BCUT2D eigenvalue weighted by Gasteiger charge is 2.52. The van der Waals surface area contributed by atoms with E-state index >= 15 is 0 Å². The molecule has 12 nitrogen and oxygen atoms in total. The second kappa shape index (κ2) is 26.7. The molecule has 3 aliphatic rings. The van der Waals surface area contributed by atoms with Gasteiger partial charge in [0.1, 0.15) is 11.5 Å². The number of amides is 2. The maximum Gasteiger partial charge on any atom is 0.494 e. The zero-order chi connectivity index (χ0) is 57.3. The molecule has 13 heteroatoms. The Balaban J connectivity index is 0.000000207. The number of carbonyl (C=O) groups excluding carboxylic acids is 4. The predicted octanol–water partition coefficient (Wildman–Crippen LogP) is 12.1. The summed E-state index contributed by atoms with van der Waals surface area (Å²) in [4.78, 5) is 53.4. The summed E-state index contributed by atoms with van der Waals surface area (Å²) < 4.78 is 32.4. The van der Waals surface area contributed by atoms with Gasteiger partial charge in [0.2, 0.25) is 0 Å². The number of hydrogen-bond donors (Lipinski definition) is 0. The molecule has 2 amide bonds. The van der Waals surface area contributed by atoms with Crippen LogP contribution in [0.2, 0.25) is 0 Å². The van der Waals surface area contributed by atoms with E-state index in [1.165, 1.54) is 48.1 Å². The topological polar surface area (TPSA) is 130 Å². The van der Waals surface area contributed by atoms with E-state index in [9.17, 15) is 19.2 Å². The Labute approximate surface area is 475 Å². The Hall–Kier alpha value is -7.48. The van der Waals surface area contributed by atoms with Crippen molar-refractivity contribution in [1.29, 1.82) is 0 Å². The van der Waals surface area contributed by atoms with E-state index in [-0.39, 0.29) is 61.8 Å². The van der Waals surface area contributed by atoms with Crippen LogP contribution in [0.3, 0.4) is 0 Å². The molecule has 1 unspecified atom stereocenters. The molecule has 1 saturated heterocycles. The molecule has 9 rings (SSSR count). The summed E-state index contributed by atoms with van der Waals surface area (Å²) in [5, 5.41) is 0. The molecule has 3 aliphatic heterocycles. The zero-order valence-electron chi connectivity index (χ0n) is 48.6. The summed E-state index contributed by atoms with van der Waals surface area (Å²) in [6, 6.07) is 36.3. The standard InChI is InChI=1S/C30H33NO4.C24H30BNO3.C12H14O3.CH4/c1-19-6-7-24(14-20(19)2)30(33)31-13-12-22-8-9-23(16-25(22)18-31)28(17-29(32)35-5)27-11-10-26(34-4)15-21(27)3;1-16-7-8-19(13-17(16)2)22(27)26-12-11-18-9-10-21(14-20(18)15-26)25-28-23(3,4)24(5,6)29-25;1-9-8-11(14-2)6-4-10(9)5-7-12(13)15-3;/h6-11,14-16,28H,12-13,17-18H2,1-5H3;7-10,13-14H,11-12,15H2,1-6H3;4-8H,1-3H3;1H4/b;;7-5+;. The lowest BCUT2D eigenvalue weighted by atomic mass is 9.77. The highest BCUT2D eigenvalue weighted by Crippen LogP contribution is 2.38. The van der Waals surface area contributed by atoms with E-state index in [1.807, 2.05) is 103 Å². The van der Waals surface area contributed by atoms with Crippen LogP contribution in [0.25, 0.3) is 6.08 Å². The lowest BCUT2D eigenvalue weighted by Crippen LogP contribution is -2.41. The van der Waals surface area contributed by atoms with Gasteiger partial charge in [-0.05, 0) is 214 Å². The fourth-order valence-electron chi connectivity index (χ4n) is 9.97. The average Bonchev–Trinajstić information content (AvgIpc) is 3.83. The van der Waals surface area contributed by atoms with Crippen LogP contribution < -0.4 is 14.9 Å². The van der Waals surface area contributed by atoms with Gasteiger partial charge < -0.3 is 38.1 Å². The molecule has 422 valence electrons. The van der Waals surface area contributed by atoms with Gasteiger partial charge in [0.05, 0.1) is 46.1 Å². The van der Waals surface area contributed by atoms with Crippen molar-refractivity contribution >= 4 is 42.4 Å². The van der Waals surface area contributed by atoms with E-state index < -0.39 is 0 Å². The first-order valence-corrected chi connectivity index (χ1v) is 27.0. The van der Waals surface area contributed by atoms with Crippen molar-refractivity contribution in [2.24, 2.45) is 0 Å². The third kappa shape index (κ3) is 14.7. The van der Waals surface area contributed by atoms with Gasteiger partial charge in [0, 0.05) is 49.3 Å². The van der Waals surface area contributed by atoms with Crippen molar-refractivity contribution in [2.75, 3.05) is 41.5 Å². The van der Waals surface area contributed by atoms with Crippen molar-refractivity contribution in [3.05, 3.63) is 199 Å². The van der Waals surface area contributed by atoms with Gasteiger partial charge in [-0.15, -0.1) is 0 Å². The summed E-state index contributed by atoms with van der Waals surface area (Å²) in [5.74, 6) is 0.988. The number of carbonyl (C=O) groups is 4. The number of rotatable bonds is 11. The molecule has 0 aromatic heterocycles. The van der Waals surface area contributed by atoms with Gasteiger partial charge in [-0.25, -0.2) is 4.79 Å². The van der Waals surface area contributed by atoms with Crippen molar-refractivity contribution in [2.45, 2.75) is 126 Å². The van der Waals surface area contributed by atoms with E-state index in [0.717, 1.165) is 92.0 Å². The molecule has 1 fully saturated rings. The maximum absolute atomic E-state index is 13.3. The molecule has 0 saturated carbocycles. The van der Waals surface area contributed by atoms with Crippen molar-refractivity contribution < 1.29 is 47.4 Å². The van der Waals surface area contributed by atoms with Crippen molar-refractivity contribution in [3.63, 3.8) is 0 Å². The Morgan fingerprint density at radius 2 is 1.07 bits per heavy atom. The SMILES string of the molecule is C.COC(=O)/C=C/c1ccc(OC)cc1C.COC(=O)CC(c1ccc2c(c1)CN(C(=O)c1ccc(C)c(C)c1)CC2)c1ccc(OC)cc1C.Cc1ccc(C(=O)N2CCc3ccc(B4OC(C)(C)C(C)(C)O4)cc3C2)cc1C. The molecular formula is C67H81BN2O10. The first-order chi connectivity index (χ1) is 37.5. The number of methoxy groups -OCH3 is 4. The van der Waals surface area contributed by atoms with Gasteiger partial charge in [0.25, 0.3) is 11.8 Å². The largest absolute Gasteiger partial charge is 0.497 e. The summed E-state index contributed by atoms with van der Waals surface area (Å²) in [6.45, 7) is 23.1. The molecule has 80 heavy (non-hydrogen) atoms. The van der Waals surface area contributed by atoms with E-state index in [2.05, 4.69) is 89.6 Å². The maximum atomic E-state index is 13.3. The number of hydrogen-bond acceptors (Lipinski definition) is 10. The summed E-state index contributed by atoms with van der Waals surface area (Å²) in [6.07, 6.45) is 5.05. The number of aryl methyl sites for hydroxylation is 6. The number of benzene rings is 6. The number of fused-ring (bicyclic) bond motifs is 2. The minimum absolute atomic E-state index is 0. The third-order valence-electron chi connectivity index (χ3n) is 16.0. The fourth-order valence-corrected chi connectivity index (χ4v) is 9.97. The molecule has 6 aromatic carbocycles. The number of ether oxygens (including phenoxy) is 4. The first kappa shape index (κ1) is 61.7. The van der Waals surface area contributed by atoms with Crippen LogP contribution in [-0.4, -0.2) is 93.4 Å². The van der Waals surface area contributed by atoms with Crippen LogP contribution in [0.1, 0.15) is 141 Å². The quantitative estimate of drug-likeness (QED) is 0.0702. The molecule has 0 bridgehead atoms. The van der Waals surface area contributed by atoms with Gasteiger partial charge in [-0.2, -0.15) is 0 Å². The fraction of sp³-hybridized carbons (Fsp3) is 0.373. The van der Waals surface area contributed by atoms with Gasteiger partial charge in [0.15, 0.2) is 0 Å². The third-order valence-corrected chi connectivity index (χ3v) is 16.0. The van der Waals surface area contributed by atoms with E-state index in [1.54, 1.807) is 20.3 Å². The van der Waals surface area contributed by atoms with E-state index in [0.29, 0.717) is 19.6 Å². The van der Waals surface area contributed by atoms with Crippen LogP contribution in [0.5, 0.6) is 11.5 Å². The summed E-state index contributed by atoms with van der Waals surface area (Å²) >= 11 is 0. The summed E-state index contributed by atoms with van der Waals surface area (Å²) in [7, 11) is 5.67. The highest BCUT2D eigenvalue weighted by atomic mass is 16.7. The minimum Gasteiger partial charge on any atom is -0.497 e. The number of esters is 2. The van der Waals surface area contributed by atoms with Crippen LogP contribution in [0.15, 0.2) is 115 Å². The lowest BCUT2D eigenvalue weighted by Gasteiger charge is -2.32. The lowest BCUT2D eigenvalue weighted by molar-refractivity contribution is -0.141.